The zero-order valence-corrected chi connectivity index (χ0v) is 9.47. The number of carbonyl (C=O) groups excluding carboxylic acids is 1. The average molecular weight is 240 g/mol. The summed E-state index contributed by atoms with van der Waals surface area (Å²) in [6, 6.07) is 1.60. The van der Waals surface area contributed by atoms with Gasteiger partial charge in [-0.15, -0.1) is 0 Å². The standard InChI is InChI=1S/C12H14F2N2O/c1-2-3-4-5-16-12(17)8-6-11(15)10(14)7-9(8)13/h2-3,6-7H,4-5,15H2,1H3,(H,16,17)/b3-2+. The third kappa shape index (κ3) is 3.55. The molecule has 1 amide bonds. The Labute approximate surface area is 98.3 Å². The van der Waals surface area contributed by atoms with Crippen molar-refractivity contribution in [1.29, 1.82) is 0 Å². The van der Waals surface area contributed by atoms with E-state index in [1.54, 1.807) is 0 Å². The van der Waals surface area contributed by atoms with Crippen molar-refractivity contribution in [2.45, 2.75) is 13.3 Å². The first-order chi connectivity index (χ1) is 8.06. The number of benzene rings is 1. The van der Waals surface area contributed by atoms with E-state index in [0.717, 1.165) is 6.07 Å². The van der Waals surface area contributed by atoms with Gasteiger partial charge in [-0.3, -0.25) is 4.79 Å². The molecule has 0 heterocycles. The predicted molar refractivity (Wildman–Crippen MR) is 62.5 cm³/mol. The van der Waals surface area contributed by atoms with Gasteiger partial charge in [-0.1, -0.05) is 12.2 Å². The van der Waals surface area contributed by atoms with Crippen LogP contribution >= 0.6 is 0 Å². The summed E-state index contributed by atoms with van der Waals surface area (Å²) in [5, 5.41) is 2.51. The lowest BCUT2D eigenvalue weighted by Crippen LogP contribution is -2.25. The fourth-order valence-corrected chi connectivity index (χ4v) is 1.27. The van der Waals surface area contributed by atoms with Gasteiger partial charge in [0.1, 0.15) is 11.6 Å². The van der Waals surface area contributed by atoms with Gasteiger partial charge in [-0.05, 0) is 19.4 Å². The van der Waals surface area contributed by atoms with E-state index in [4.69, 9.17) is 5.73 Å². The summed E-state index contributed by atoms with van der Waals surface area (Å²) in [7, 11) is 0. The molecule has 0 saturated heterocycles. The van der Waals surface area contributed by atoms with Crippen molar-refractivity contribution in [3.63, 3.8) is 0 Å². The third-order valence-electron chi connectivity index (χ3n) is 2.16. The molecule has 1 rings (SSSR count). The van der Waals surface area contributed by atoms with Crippen molar-refractivity contribution in [1.82, 2.24) is 5.32 Å². The molecule has 3 N–H and O–H groups in total. The molecule has 5 heteroatoms. The van der Waals surface area contributed by atoms with E-state index < -0.39 is 17.5 Å². The molecule has 0 fully saturated rings. The highest BCUT2D eigenvalue weighted by Crippen LogP contribution is 2.16. The quantitative estimate of drug-likeness (QED) is 0.482. The number of nitrogen functional groups attached to an aromatic ring is 1. The molecule has 17 heavy (non-hydrogen) atoms. The van der Waals surface area contributed by atoms with Crippen LogP contribution < -0.4 is 11.1 Å². The van der Waals surface area contributed by atoms with Crippen LogP contribution in [0.2, 0.25) is 0 Å². The van der Waals surface area contributed by atoms with Crippen LogP contribution in [0.1, 0.15) is 23.7 Å². The van der Waals surface area contributed by atoms with Gasteiger partial charge in [0.25, 0.3) is 5.91 Å². The minimum absolute atomic E-state index is 0.245. The summed E-state index contributed by atoms with van der Waals surface area (Å²) >= 11 is 0. The van der Waals surface area contributed by atoms with Crippen molar-refractivity contribution < 1.29 is 13.6 Å². The third-order valence-corrected chi connectivity index (χ3v) is 2.16. The Kier molecular flexibility index (Phi) is 4.63. The minimum Gasteiger partial charge on any atom is -0.396 e. The lowest BCUT2D eigenvalue weighted by molar-refractivity contribution is 0.0950. The maximum atomic E-state index is 13.3. The molecule has 1 aromatic rings. The highest BCUT2D eigenvalue weighted by atomic mass is 19.1. The molecule has 0 aliphatic rings. The van der Waals surface area contributed by atoms with Gasteiger partial charge < -0.3 is 11.1 Å². The average Bonchev–Trinajstić information content (AvgIpc) is 2.29. The summed E-state index contributed by atoms with van der Waals surface area (Å²) in [4.78, 5) is 11.5. The second-order valence-corrected chi connectivity index (χ2v) is 3.47. The molecule has 0 radical (unpaired) electrons. The van der Waals surface area contributed by atoms with Gasteiger partial charge in [0, 0.05) is 12.6 Å². The minimum atomic E-state index is -0.916. The number of hydrogen-bond donors (Lipinski definition) is 2. The first kappa shape index (κ1) is 13.2. The van der Waals surface area contributed by atoms with Gasteiger partial charge in [0.15, 0.2) is 0 Å². The van der Waals surface area contributed by atoms with E-state index in [1.807, 2.05) is 19.1 Å². The Balaban J connectivity index is 2.72. The largest absolute Gasteiger partial charge is 0.396 e. The van der Waals surface area contributed by atoms with Crippen LogP contribution in [0.5, 0.6) is 0 Å². The smallest absolute Gasteiger partial charge is 0.254 e. The first-order valence-electron chi connectivity index (χ1n) is 5.20. The van der Waals surface area contributed by atoms with Crippen LogP contribution in [0.25, 0.3) is 0 Å². The first-order valence-corrected chi connectivity index (χ1v) is 5.20. The predicted octanol–water partition coefficient (Wildman–Crippen LogP) is 2.24. The summed E-state index contributed by atoms with van der Waals surface area (Å²) in [5.41, 5.74) is 4.78. The van der Waals surface area contributed by atoms with Crippen molar-refractivity contribution in [3.8, 4) is 0 Å². The van der Waals surface area contributed by atoms with E-state index in [-0.39, 0.29) is 11.3 Å². The lowest BCUT2D eigenvalue weighted by Gasteiger charge is -2.06. The Bertz CT molecular complexity index is 444. The number of carbonyl (C=O) groups is 1. The number of nitrogens with one attached hydrogen (secondary N) is 1. The monoisotopic (exact) mass is 240 g/mol. The van der Waals surface area contributed by atoms with Crippen molar-refractivity contribution in [2.24, 2.45) is 0 Å². The molecule has 0 bridgehead atoms. The lowest BCUT2D eigenvalue weighted by atomic mass is 10.1. The van der Waals surface area contributed by atoms with Gasteiger partial charge in [0.05, 0.1) is 11.3 Å². The van der Waals surface area contributed by atoms with Crippen LogP contribution in [-0.4, -0.2) is 12.5 Å². The molecule has 0 aromatic heterocycles. The Hall–Kier alpha value is -1.91. The molecule has 92 valence electrons. The second-order valence-electron chi connectivity index (χ2n) is 3.47. The number of hydrogen-bond acceptors (Lipinski definition) is 2. The second kappa shape index (κ2) is 5.98. The number of amides is 1. The molecule has 0 aliphatic heterocycles. The van der Waals surface area contributed by atoms with Gasteiger partial charge in [0.2, 0.25) is 0 Å². The maximum Gasteiger partial charge on any atom is 0.254 e. The highest BCUT2D eigenvalue weighted by Gasteiger charge is 2.14. The number of nitrogens with two attached hydrogens (primary N) is 1. The van der Waals surface area contributed by atoms with Crippen LogP contribution in [0, 0.1) is 11.6 Å². The topological polar surface area (TPSA) is 55.1 Å². The van der Waals surface area contributed by atoms with Crippen molar-refractivity contribution in [2.75, 3.05) is 12.3 Å². The molecule has 0 unspecified atom stereocenters. The molecule has 0 spiro atoms. The summed E-state index contributed by atoms with van der Waals surface area (Å²) in [6.07, 6.45) is 4.37. The van der Waals surface area contributed by atoms with Crippen molar-refractivity contribution >= 4 is 11.6 Å². The Morgan fingerprint density at radius 2 is 2.12 bits per heavy atom. The molecule has 0 saturated carbocycles. The Morgan fingerprint density at radius 3 is 2.76 bits per heavy atom. The molecular weight excluding hydrogens is 226 g/mol. The maximum absolute atomic E-state index is 13.3. The van der Waals surface area contributed by atoms with Crippen LogP contribution in [-0.2, 0) is 0 Å². The van der Waals surface area contributed by atoms with Gasteiger partial charge >= 0.3 is 0 Å². The zero-order valence-electron chi connectivity index (χ0n) is 9.47. The van der Waals surface area contributed by atoms with E-state index in [1.165, 1.54) is 0 Å². The van der Waals surface area contributed by atoms with Crippen molar-refractivity contribution in [3.05, 3.63) is 41.5 Å². The summed E-state index contributed by atoms with van der Waals surface area (Å²) in [6.45, 7) is 2.25. The number of halogens is 2. The molecular formula is C12H14F2N2O. The van der Waals surface area contributed by atoms with Crippen LogP contribution in [0.4, 0.5) is 14.5 Å². The van der Waals surface area contributed by atoms with E-state index in [2.05, 4.69) is 5.32 Å². The fraction of sp³-hybridized carbons (Fsp3) is 0.250. The Morgan fingerprint density at radius 1 is 1.41 bits per heavy atom. The normalized spacial score (nSPS) is 10.8. The van der Waals surface area contributed by atoms with E-state index in [0.29, 0.717) is 19.0 Å². The zero-order chi connectivity index (χ0) is 12.8. The molecule has 1 aromatic carbocycles. The van der Waals surface area contributed by atoms with Gasteiger partial charge in [-0.2, -0.15) is 0 Å². The van der Waals surface area contributed by atoms with Gasteiger partial charge in [-0.25, -0.2) is 8.78 Å². The van der Waals surface area contributed by atoms with Crippen LogP contribution in [0.15, 0.2) is 24.3 Å². The van der Waals surface area contributed by atoms with E-state index >= 15 is 0 Å². The fourth-order valence-electron chi connectivity index (χ4n) is 1.27. The number of anilines is 1. The number of rotatable bonds is 4. The highest BCUT2D eigenvalue weighted by molar-refractivity contribution is 5.95. The summed E-state index contributed by atoms with van der Waals surface area (Å²) in [5.74, 6) is -2.38. The number of allylic oxidation sites excluding steroid dienone is 1. The molecule has 3 nitrogen and oxygen atoms in total. The molecule has 0 atom stereocenters. The van der Waals surface area contributed by atoms with Crippen LogP contribution in [0.3, 0.4) is 0 Å². The summed E-state index contributed by atoms with van der Waals surface area (Å²) < 4.78 is 26.2. The SMILES string of the molecule is C/C=C/CCNC(=O)c1cc(N)c(F)cc1F. The van der Waals surface area contributed by atoms with E-state index in [9.17, 15) is 13.6 Å². The molecule has 0 aliphatic carbocycles.